The number of halogens is 2. The molecule has 1 aromatic heterocycles. The highest BCUT2D eigenvalue weighted by molar-refractivity contribution is 9.12. The van der Waals surface area contributed by atoms with Gasteiger partial charge in [-0.15, -0.1) is 0 Å². The maximum Gasteiger partial charge on any atom is 0.128 e. The molecule has 2 heterocycles. The van der Waals surface area contributed by atoms with E-state index in [0.717, 1.165) is 38.8 Å². The average Bonchev–Trinajstić information content (AvgIpc) is 2.96. The molecule has 1 unspecified atom stereocenters. The number of rotatable bonds is 1. The van der Waals surface area contributed by atoms with Gasteiger partial charge in [0.05, 0.1) is 16.9 Å². The first-order valence-electron chi connectivity index (χ1n) is 7.25. The van der Waals surface area contributed by atoms with Crippen molar-refractivity contribution < 1.29 is 4.39 Å². The van der Waals surface area contributed by atoms with Crippen molar-refractivity contribution in [2.75, 3.05) is 0 Å². The van der Waals surface area contributed by atoms with Gasteiger partial charge in [0.15, 0.2) is 0 Å². The Kier molecular flexibility index (Phi) is 3.15. The van der Waals surface area contributed by atoms with E-state index in [9.17, 15) is 4.39 Å². The van der Waals surface area contributed by atoms with E-state index in [1.807, 2.05) is 18.3 Å². The van der Waals surface area contributed by atoms with Gasteiger partial charge in [-0.25, -0.2) is 4.39 Å². The van der Waals surface area contributed by atoms with Crippen LogP contribution in [0.2, 0.25) is 0 Å². The second kappa shape index (κ2) is 5.06. The molecule has 2 aliphatic rings. The summed E-state index contributed by atoms with van der Waals surface area (Å²) in [6, 6.07) is 3.34. The number of fused-ring (bicyclic) bond motifs is 2. The van der Waals surface area contributed by atoms with Gasteiger partial charge >= 0.3 is 0 Å². The highest BCUT2D eigenvalue weighted by Gasteiger charge is 2.23. The van der Waals surface area contributed by atoms with E-state index >= 15 is 0 Å². The first-order valence-corrected chi connectivity index (χ1v) is 8.04. The number of nitrogens with one attached hydrogen (secondary N) is 1. The Morgan fingerprint density at radius 1 is 1.36 bits per heavy atom. The molecular weight excluding hydrogens is 343 g/mol. The van der Waals surface area contributed by atoms with Crippen LogP contribution in [-0.2, 0) is 0 Å². The van der Waals surface area contributed by atoms with Crippen molar-refractivity contribution in [2.45, 2.75) is 13.3 Å². The van der Waals surface area contributed by atoms with Gasteiger partial charge in [-0.3, -0.25) is 4.99 Å². The fourth-order valence-electron chi connectivity index (χ4n) is 3.07. The molecule has 22 heavy (non-hydrogen) atoms. The van der Waals surface area contributed by atoms with Crippen LogP contribution in [0.3, 0.4) is 0 Å². The average molecular weight is 357 g/mol. The molecule has 4 rings (SSSR count). The molecule has 1 atom stereocenters. The summed E-state index contributed by atoms with van der Waals surface area (Å²) in [5.74, 6) is 0.153. The summed E-state index contributed by atoms with van der Waals surface area (Å²) in [6.07, 6.45) is 11.3. The van der Waals surface area contributed by atoms with E-state index in [0.29, 0.717) is 11.5 Å². The lowest BCUT2D eigenvalue weighted by Gasteiger charge is -2.22. The molecule has 2 nitrogen and oxygen atoms in total. The van der Waals surface area contributed by atoms with Crippen molar-refractivity contribution in [2.24, 2.45) is 10.9 Å². The molecule has 0 fully saturated rings. The predicted octanol–water partition coefficient (Wildman–Crippen LogP) is 5.27. The Hall–Kier alpha value is -1.94. The van der Waals surface area contributed by atoms with Gasteiger partial charge in [-0.1, -0.05) is 18.2 Å². The van der Waals surface area contributed by atoms with Crippen molar-refractivity contribution in [3.8, 4) is 0 Å². The van der Waals surface area contributed by atoms with E-state index in [4.69, 9.17) is 4.99 Å². The molecule has 2 aromatic rings. The zero-order valence-electron chi connectivity index (χ0n) is 12.0. The fourth-order valence-corrected chi connectivity index (χ4v) is 3.60. The van der Waals surface area contributed by atoms with Crippen molar-refractivity contribution in [3.63, 3.8) is 0 Å². The lowest BCUT2D eigenvalue weighted by atomic mass is 9.91. The molecule has 0 saturated carbocycles. The maximum absolute atomic E-state index is 13.7. The van der Waals surface area contributed by atoms with Crippen molar-refractivity contribution in [3.05, 3.63) is 64.1 Å². The molecule has 1 N–H and O–H groups in total. The lowest BCUT2D eigenvalue weighted by molar-refractivity contribution is 0.620. The van der Waals surface area contributed by atoms with Gasteiger partial charge in [-0.2, -0.15) is 0 Å². The number of H-pyrrole nitrogens is 1. The summed E-state index contributed by atoms with van der Waals surface area (Å²) in [6.45, 7) is 1.79. The highest BCUT2D eigenvalue weighted by atomic mass is 79.9. The molecule has 0 saturated heterocycles. The summed E-state index contributed by atoms with van der Waals surface area (Å²) < 4.78 is 14.7. The van der Waals surface area contributed by atoms with E-state index < -0.39 is 0 Å². The largest absolute Gasteiger partial charge is 0.360 e. The van der Waals surface area contributed by atoms with Crippen LogP contribution in [-0.4, -0.2) is 10.7 Å². The molecule has 0 bridgehead atoms. The Morgan fingerprint density at radius 2 is 2.23 bits per heavy atom. The molecule has 1 aromatic carbocycles. The Morgan fingerprint density at radius 3 is 3.09 bits per heavy atom. The quantitative estimate of drug-likeness (QED) is 0.721. The van der Waals surface area contributed by atoms with E-state index in [1.165, 1.54) is 6.07 Å². The number of aromatic nitrogens is 1. The first kappa shape index (κ1) is 13.7. The first-order chi connectivity index (χ1) is 10.6. The van der Waals surface area contributed by atoms with Crippen LogP contribution in [0.4, 0.5) is 4.39 Å². The monoisotopic (exact) mass is 356 g/mol. The molecule has 0 amide bonds. The van der Waals surface area contributed by atoms with Crippen LogP contribution >= 0.6 is 15.9 Å². The lowest BCUT2D eigenvalue weighted by Crippen LogP contribution is -2.17. The third-order valence-electron chi connectivity index (χ3n) is 4.31. The number of allylic oxidation sites excluding steroid dienone is 5. The van der Waals surface area contributed by atoms with Crippen molar-refractivity contribution in [1.29, 1.82) is 0 Å². The van der Waals surface area contributed by atoms with Gasteiger partial charge < -0.3 is 4.98 Å². The number of aryl methyl sites for hydroxylation is 1. The number of hydrogen-bond acceptors (Lipinski definition) is 1. The minimum Gasteiger partial charge on any atom is -0.360 e. The van der Waals surface area contributed by atoms with Gasteiger partial charge in [-0.05, 0) is 47.5 Å². The summed E-state index contributed by atoms with van der Waals surface area (Å²) >= 11 is 3.59. The van der Waals surface area contributed by atoms with Crippen molar-refractivity contribution in [1.82, 2.24) is 4.98 Å². The van der Waals surface area contributed by atoms with Crippen LogP contribution in [0.25, 0.3) is 16.6 Å². The minimum absolute atomic E-state index is 0.187. The number of aliphatic imine (C=N–C) groups is 1. The van der Waals surface area contributed by atoms with Crippen LogP contribution < -0.4 is 0 Å². The topological polar surface area (TPSA) is 28.1 Å². The summed E-state index contributed by atoms with van der Waals surface area (Å²) in [7, 11) is 0. The SMILES string of the molecule is Cc1c(F)ccc2c(C3=CCC4C=CC=C(Br)C4=N3)c[nH]c12. The zero-order valence-corrected chi connectivity index (χ0v) is 13.6. The van der Waals surface area contributed by atoms with Gasteiger partial charge in [0.1, 0.15) is 5.82 Å². The standard InChI is InChI=1S/C18H14BrFN2/c1-10-15(20)7-6-12-13(9-21-17(10)12)16-8-5-11-3-2-4-14(19)18(11)22-16/h2-4,6-9,11,21H,5H2,1H3. The number of hydrogen-bond donors (Lipinski definition) is 1. The third-order valence-corrected chi connectivity index (χ3v) is 4.98. The normalized spacial score (nSPS) is 20.5. The number of nitrogens with zero attached hydrogens (tertiary/aromatic N) is 1. The van der Waals surface area contributed by atoms with E-state index in [1.54, 1.807) is 6.92 Å². The molecular formula is C18H14BrFN2. The Bertz CT molecular complexity index is 899. The van der Waals surface area contributed by atoms with Crippen LogP contribution in [0.15, 0.2) is 52.1 Å². The minimum atomic E-state index is -0.187. The third kappa shape index (κ3) is 2.02. The fraction of sp³-hybridized carbons (Fsp3) is 0.167. The van der Waals surface area contributed by atoms with Gasteiger partial charge in [0, 0.05) is 33.1 Å². The summed E-state index contributed by atoms with van der Waals surface area (Å²) in [5, 5.41) is 1.01. The second-order valence-electron chi connectivity index (χ2n) is 5.63. The zero-order chi connectivity index (χ0) is 15.3. The Balaban J connectivity index is 1.84. The predicted molar refractivity (Wildman–Crippen MR) is 92.7 cm³/mol. The molecule has 1 aliphatic carbocycles. The molecule has 1 aliphatic heterocycles. The van der Waals surface area contributed by atoms with Gasteiger partial charge in [0.25, 0.3) is 0 Å². The molecule has 0 radical (unpaired) electrons. The molecule has 4 heteroatoms. The van der Waals surface area contributed by atoms with Crippen molar-refractivity contribution >= 4 is 38.2 Å². The molecule has 110 valence electrons. The summed E-state index contributed by atoms with van der Waals surface area (Å²) in [5.41, 5.74) is 4.53. The maximum atomic E-state index is 13.7. The molecule has 0 spiro atoms. The highest BCUT2D eigenvalue weighted by Crippen LogP contribution is 2.35. The van der Waals surface area contributed by atoms with Gasteiger partial charge in [0.2, 0.25) is 0 Å². The second-order valence-corrected chi connectivity index (χ2v) is 6.48. The van der Waals surface area contributed by atoms with E-state index in [2.05, 4.69) is 39.1 Å². The Labute approximate surface area is 136 Å². The van der Waals surface area contributed by atoms with Crippen LogP contribution in [0.5, 0.6) is 0 Å². The van der Waals surface area contributed by atoms with Crippen LogP contribution in [0.1, 0.15) is 17.5 Å². The van der Waals surface area contributed by atoms with Crippen LogP contribution in [0, 0.1) is 18.7 Å². The number of aromatic amines is 1. The number of benzene rings is 1. The smallest absolute Gasteiger partial charge is 0.128 e. The summed E-state index contributed by atoms with van der Waals surface area (Å²) in [4.78, 5) is 8.01. The van der Waals surface area contributed by atoms with E-state index in [-0.39, 0.29) is 5.82 Å².